The number of hydrogen-bond acceptors (Lipinski definition) is 3. The third-order valence-corrected chi connectivity index (χ3v) is 4.91. The van der Waals surface area contributed by atoms with Crippen LogP contribution in [0.4, 0.5) is 5.69 Å². The number of amides is 1. The zero-order valence-corrected chi connectivity index (χ0v) is 13.1. The quantitative estimate of drug-likeness (QED) is 0.866. The standard InChI is InChI=1S/C17H20N2OS/c1-18(15-5-3-2-4-6-15)16-7-10-19(11-8-16)17(20)14-9-12-21-13-14/h2-6,9,12-13,16H,7-8,10-11H2,1H3. The molecular weight excluding hydrogens is 280 g/mol. The number of hydrogen-bond donors (Lipinski definition) is 0. The average molecular weight is 300 g/mol. The normalized spacial score (nSPS) is 16.0. The molecule has 0 radical (unpaired) electrons. The molecule has 3 nitrogen and oxygen atoms in total. The number of carbonyl (C=O) groups is 1. The van der Waals surface area contributed by atoms with Crippen LogP contribution in [0.3, 0.4) is 0 Å². The second kappa shape index (κ2) is 6.31. The zero-order chi connectivity index (χ0) is 14.7. The van der Waals surface area contributed by atoms with Crippen LogP contribution in [-0.4, -0.2) is 37.0 Å². The molecule has 0 N–H and O–H groups in total. The van der Waals surface area contributed by atoms with Crippen molar-refractivity contribution in [2.75, 3.05) is 25.0 Å². The molecule has 1 aromatic carbocycles. The number of rotatable bonds is 3. The Kier molecular flexibility index (Phi) is 4.25. The predicted molar refractivity (Wildman–Crippen MR) is 88.1 cm³/mol. The van der Waals surface area contributed by atoms with Gasteiger partial charge >= 0.3 is 0 Å². The molecule has 0 bridgehead atoms. The summed E-state index contributed by atoms with van der Waals surface area (Å²) in [6.07, 6.45) is 2.06. The molecule has 0 unspecified atom stereocenters. The fourth-order valence-electron chi connectivity index (χ4n) is 2.90. The molecule has 0 spiro atoms. The van der Waals surface area contributed by atoms with Crippen LogP contribution in [0.2, 0.25) is 0 Å². The first-order valence-electron chi connectivity index (χ1n) is 7.35. The smallest absolute Gasteiger partial charge is 0.254 e. The van der Waals surface area contributed by atoms with E-state index in [4.69, 9.17) is 0 Å². The molecule has 110 valence electrons. The van der Waals surface area contributed by atoms with Crippen LogP contribution >= 0.6 is 11.3 Å². The maximum atomic E-state index is 12.3. The lowest BCUT2D eigenvalue weighted by molar-refractivity contribution is 0.0714. The summed E-state index contributed by atoms with van der Waals surface area (Å²) in [6, 6.07) is 12.9. The van der Waals surface area contributed by atoms with Crippen LogP contribution in [0.25, 0.3) is 0 Å². The van der Waals surface area contributed by atoms with Gasteiger partial charge < -0.3 is 9.80 Å². The SMILES string of the molecule is CN(c1ccccc1)C1CCN(C(=O)c2ccsc2)CC1. The van der Waals surface area contributed by atoms with E-state index in [9.17, 15) is 4.79 Å². The second-order valence-electron chi connectivity index (χ2n) is 5.48. The highest BCUT2D eigenvalue weighted by Crippen LogP contribution is 2.23. The number of likely N-dealkylation sites (tertiary alicyclic amines) is 1. The molecule has 2 aromatic rings. The van der Waals surface area contributed by atoms with Crippen LogP contribution in [0, 0.1) is 0 Å². The van der Waals surface area contributed by atoms with E-state index in [0.29, 0.717) is 6.04 Å². The highest BCUT2D eigenvalue weighted by Gasteiger charge is 2.26. The highest BCUT2D eigenvalue weighted by atomic mass is 32.1. The Labute approximate surface area is 129 Å². The molecule has 1 fully saturated rings. The largest absolute Gasteiger partial charge is 0.371 e. The van der Waals surface area contributed by atoms with Gasteiger partial charge in [0.05, 0.1) is 5.56 Å². The van der Waals surface area contributed by atoms with Gasteiger partial charge in [0.2, 0.25) is 0 Å². The van der Waals surface area contributed by atoms with Gasteiger partial charge in [-0.3, -0.25) is 4.79 Å². The minimum absolute atomic E-state index is 0.178. The number of para-hydroxylation sites is 1. The molecule has 0 saturated carbocycles. The number of anilines is 1. The van der Waals surface area contributed by atoms with E-state index in [-0.39, 0.29) is 5.91 Å². The Morgan fingerprint density at radius 1 is 1.19 bits per heavy atom. The maximum Gasteiger partial charge on any atom is 0.254 e. The van der Waals surface area contributed by atoms with Gasteiger partial charge in [-0.1, -0.05) is 18.2 Å². The molecule has 1 aromatic heterocycles. The summed E-state index contributed by atoms with van der Waals surface area (Å²) in [5.74, 6) is 0.178. The molecule has 3 rings (SSSR count). The van der Waals surface area contributed by atoms with E-state index in [1.165, 1.54) is 5.69 Å². The first kappa shape index (κ1) is 14.1. The van der Waals surface area contributed by atoms with E-state index < -0.39 is 0 Å². The molecule has 1 saturated heterocycles. The van der Waals surface area contributed by atoms with Gasteiger partial charge in [-0.05, 0) is 36.4 Å². The first-order valence-corrected chi connectivity index (χ1v) is 8.29. The van der Waals surface area contributed by atoms with Gasteiger partial charge in [0.25, 0.3) is 5.91 Å². The molecule has 1 amide bonds. The van der Waals surface area contributed by atoms with Crippen molar-refractivity contribution in [1.82, 2.24) is 4.90 Å². The van der Waals surface area contributed by atoms with Crippen LogP contribution in [0.5, 0.6) is 0 Å². The van der Waals surface area contributed by atoms with Crippen LogP contribution < -0.4 is 4.90 Å². The summed E-state index contributed by atoms with van der Waals surface area (Å²) in [4.78, 5) is 16.6. The highest BCUT2D eigenvalue weighted by molar-refractivity contribution is 7.08. The maximum absolute atomic E-state index is 12.3. The van der Waals surface area contributed by atoms with Crippen molar-refractivity contribution >= 4 is 22.9 Å². The lowest BCUT2D eigenvalue weighted by Crippen LogP contribution is -2.45. The molecule has 21 heavy (non-hydrogen) atoms. The van der Waals surface area contributed by atoms with E-state index in [2.05, 4.69) is 36.2 Å². The number of carbonyl (C=O) groups excluding carboxylic acids is 1. The van der Waals surface area contributed by atoms with Gasteiger partial charge in [0.15, 0.2) is 0 Å². The van der Waals surface area contributed by atoms with Crippen molar-refractivity contribution in [3.63, 3.8) is 0 Å². The third-order valence-electron chi connectivity index (χ3n) is 4.23. The molecule has 0 aliphatic carbocycles. The van der Waals surface area contributed by atoms with Crippen molar-refractivity contribution in [3.8, 4) is 0 Å². The van der Waals surface area contributed by atoms with Gasteiger partial charge in [-0.2, -0.15) is 11.3 Å². The second-order valence-corrected chi connectivity index (χ2v) is 6.26. The van der Waals surface area contributed by atoms with Gasteiger partial charge in [-0.15, -0.1) is 0 Å². The third kappa shape index (κ3) is 3.10. The molecule has 1 aliphatic rings. The molecular formula is C17H20N2OS. The number of nitrogens with zero attached hydrogens (tertiary/aromatic N) is 2. The summed E-state index contributed by atoms with van der Waals surface area (Å²) in [5.41, 5.74) is 2.08. The van der Waals surface area contributed by atoms with E-state index in [0.717, 1.165) is 31.5 Å². The number of thiophene rings is 1. The van der Waals surface area contributed by atoms with E-state index in [1.807, 2.05) is 27.8 Å². The number of benzene rings is 1. The number of piperidine rings is 1. The van der Waals surface area contributed by atoms with Crippen LogP contribution in [0.15, 0.2) is 47.2 Å². The van der Waals surface area contributed by atoms with Gasteiger partial charge in [0, 0.05) is 37.2 Å². The van der Waals surface area contributed by atoms with E-state index >= 15 is 0 Å². The first-order chi connectivity index (χ1) is 10.3. The summed E-state index contributed by atoms with van der Waals surface area (Å²) < 4.78 is 0. The summed E-state index contributed by atoms with van der Waals surface area (Å²) >= 11 is 1.58. The van der Waals surface area contributed by atoms with Crippen molar-refractivity contribution in [2.24, 2.45) is 0 Å². The summed E-state index contributed by atoms with van der Waals surface area (Å²) in [6.45, 7) is 1.69. The lowest BCUT2D eigenvalue weighted by atomic mass is 10.0. The molecule has 0 atom stereocenters. The monoisotopic (exact) mass is 300 g/mol. The Morgan fingerprint density at radius 2 is 1.90 bits per heavy atom. The van der Waals surface area contributed by atoms with E-state index in [1.54, 1.807) is 11.3 Å². The van der Waals surface area contributed by atoms with Gasteiger partial charge in [0.1, 0.15) is 0 Å². The van der Waals surface area contributed by atoms with Gasteiger partial charge in [-0.25, -0.2) is 0 Å². The lowest BCUT2D eigenvalue weighted by Gasteiger charge is -2.37. The topological polar surface area (TPSA) is 23.6 Å². The predicted octanol–water partition coefficient (Wildman–Crippen LogP) is 3.49. The van der Waals surface area contributed by atoms with Crippen molar-refractivity contribution in [1.29, 1.82) is 0 Å². The van der Waals surface area contributed by atoms with Crippen LogP contribution in [0.1, 0.15) is 23.2 Å². The Bertz CT molecular complexity index is 574. The summed E-state index contributed by atoms with van der Waals surface area (Å²) in [5, 5.41) is 3.90. The Balaban J connectivity index is 1.59. The minimum Gasteiger partial charge on any atom is -0.371 e. The Hall–Kier alpha value is -1.81. The fourth-order valence-corrected chi connectivity index (χ4v) is 3.53. The van der Waals surface area contributed by atoms with Crippen LogP contribution in [-0.2, 0) is 0 Å². The average Bonchev–Trinajstić information content (AvgIpc) is 3.09. The van der Waals surface area contributed by atoms with Crippen molar-refractivity contribution in [3.05, 3.63) is 52.7 Å². The molecule has 2 heterocycles. The van der Waals surface area contributed by atoms with Crippen molar-refractivity contribution < 1.29 is 4.79 Å². The zero-order valence-electron chi connectivity index (χ0n) is 12.2. The Morgan fingerprint density at radius 3 is 2.52 bits per heavy atom. The summed E-state index contributed by atoms with van der Waals surface area (Å²) in [7, 11) is 2.15. The molecule has 1 aliphatic heterocycles. The van der Waals surface area contributed by atoms with Crippen molar-refractivity contribution in [2.45, 2.75) is 18.9 Å². The minimum atomic E-state index is 0.178. The fraction of sp³-hybridized carbons (Fsp3) is 0.353. The molecule has 4 heteroatoms.